The first-order chi connectivity index (χ1) is 8.13. The van der Waals surface area contributed by atoms with Crippen LogP contribution in [0.2, 0.25) is 0 Å². The van der Waals surface area contributed by atoms with Crippen molar-refractivity contribution in [2.24, 2.45) is 5.92 Å². The summed E-state index contributed by atoms with van der Waals surface area (Å²) in [5.74, 6) is 1.70. The summed E-state index contributed by atoms with van der Waals surface area (Å²) in [4.78, 5) is 0. The second-order valence-corrected chi connectivity index (χ2v) is 5.62. The normalized spacial score (nSPS) is 22.8. The third-order valence-electron chi connectivity index (χ3n) is 3.86. The van der Waals surface area contributed by atoms with Gasteiger partial charge in [0.2, 0.25) is 0 Å². The van der Waals surface area contributed by atoms with E-state index in [2.05, 4.69) is 45.1 Å². The Morgan fingerprint density at radius 3 is 2.41 bits per heavy atom. The SMILES string of the molecule is CCCNCC1CC1c1c(C)cc(C)cc1C. The van der Waals surface area contributed by atoms with Gasteiger partial charge in [-0.3, -0.25) is 0 Å². The highest BCUT2D eigenvalue weighted by Crippen LogP contribution is 2.49. The van der Waals surface area contributed by atoms with Crippen LogP contribution < -0.4 is 5.32 Å². The lowest BCUT2D eigenvalue weighted by Crippen LogP contribution is -2.18. The van der Waals surface area contributed by atoms with Gasteiger partial charge in [-0.25, -0.2) is 0 Å². The number of rotatable bonds is 5. The zero-order valence-electron chi connectivity index (χ0n) is 11.6. The van der Waals surface area contributed by atoms with E-state index in [1.807, 2.05) is 0 Å². The predicted octanol–water partition coefficient (Wildman–Crippen LogP) is 3.71. The standard InChI is InChI=1S/C16H25N/c1-5-6-17-10-14-9-15(14)16-12(3)7-11(2)8-13(16)4/h7-8,14-15,17H,5-6,9-10H2,1-4H3. The minimum atomic E-state index is 0.819. The van der Waals surface area contributed by atoms with Crippen LogP contribution in [0.4, 0.5) is 0 Å². The van der Waals surface area contributed by atoms with Crippen LogP contribution >= 0.6 is 0 Å². The summed E-state index contributed by atoms with van der Waals surface area (Å²) in [5.41, 5.74) is 6.00. The molecule has 0 bridgehead atoms. The minimum absolute atomic E-state index is 0.819. The molecule has 17 heavy (non-hydrogen) atoms. The van der Waals surface area contributed by atoms with Gasteiger partial charge in [0.1, 0.15) is 0 Å². The Hall–Kier alpha value is -0.820. The number of benzene rings is 1. The first-order valence-corrected chi connectivity index (χ1v) is 6.92. The van der Waals surface area contributed by atoms with E-state index in [4.69, 9.17) is 0 Å². The molecule has 1 heteroatoms. The van der Waals surface area contributed by atoms with E-state index in [1.54, 1.807) is 5.56 Å². The Morgan fingerprint density at radius 2 is 1.82 bits per heavy atom. The molecule has 0 spiro atoms. The summed E-state index contributed by atoms with van der Waals surface area (Å²) in [5, 5.41) is 3.55. The van der Waals surface area contributed by atoms with Crippen LogP contribution in [0.3, 0.4) is 0 Å². The van der Waals surface area contributed by atoms with Crippen LogP contribution in [0.15, 0.2) is 12.1 Å². The predicted molar refractivity (Wildman–Crippen MR) is 74.7 cm³/mol. The van der Waals surface area contributed by atoms with Gasteiger partial charge in [-0.2, -0.15) is 0 Å². The molecule has 1 aromatic carbocycles. The fourth-order valence-electron chi connectivity index (χ4n) is 3.07. The van der Waals surface area contributed by atoms with E-state index in [0.29, 0.717) is 0 Å². The number of nitrogens with one attached hydrogen (secondary N) is 1. The largest absolute Gasteiger partial charge is 0.316 e. The average molecular weight is 231 g/mol. The first kappa shape index (κ1) is 12.6. The van der Waals surface area contributed by atoms with Gasteiger partial charge in [0.15, 0.2) is 0 Å². The Kier molecular flexibility index (Phi) is 3.88. The lowest BCUT2D eigenvalue weighted by Gasteiger charge is -2.11. The van der Waals surface area contributed by atoms with Crippen molar-refractivity contribution >= 4 is 0 Å². The molecule has 1 fully saturated rings. The zero-order chi connectivity index (χ0) is 12.4. The van der Waals surface area contributed by atoms with Crippen LogP contribution in [0, 0.1) is 26.7 Å². The molecule has 1 N–H and O–H groups in total. The maximum Gasteiger partial charge on any atom is -0.00144 e. The molecule has 0 radical (unpaired) electrons. The highest BCUT2D eigenvalue weighted by molar-refractivity contribution is 5.42. The van der Waals surface area contributed by atoms with Crippen molar-refractivity contribution in [2.45, 2.75) is 46.5 Å². The highest BCUT2D eigenvalue weighted by atomic mass is 14.9. The second kappa shape index (κ2) is 5.22. The van der Waals surface area contributed by atoms with Crippen LogP contribution in [-0.2, 0) is 0 Å². The van der Waals surface area contributed by atoms with Crippen molar-refractivity contribution in [3.05, 3.63) is 34.4 Å². The van der Waals surface area contributed by atoms with Crippen LogP contribution in [-0.4, -0.2) is 13.1 Å². The monoisotopic (exact) mass is 231 g/mol. The molecule has 0 aromatic heterocycles. The molecule has 2 unspecified atom stereocenters. The Balaban J connectivity index is 2.01. The maximum absolute atomic E-state index is 3.55. The second-order valence-electron chi connectivity index (χ2n) is 5.62. The quantitative estimate of drug-likeness (QED) is 0.762. The van der Waals surface area contributed by atoms with Crippen LogP contribution in [0.1, 0.15) is 47.9 Å². The summed E-state index contributed by atoms with van der Waals surface area (Å²) in [6.07, 6.45) is 2.61. The van der Waals surface area contributed by atoms with Crippen LogP contribution in [0.5, 0.6) is 0 Å². The van der Waals surface area contributed by atoms with Crippen molar-refractivity contribution in [1.29, 1.82) is 0 Å². The average Bonchev–Trinajstić information content (AvgIpc) is 2.96. The van der Waals surface area contributed by atoms with Gasteiger partial charge >= 0.3 is 0 Å². The van der Waals surface area contributed by atoms with Crippen molar-refractivity contribution < 1.29 is 0 Å². The molecule has 0 heterocycles. The number of hydrogen-bond acceptors (Lipinski definition) is 1. The van der Waals surface area contributed by atoms with Gasteiger partial charge in [0, 0.05) is 0 Å². The molecule has 0 aliphatic heterocycles. The van der Waals surface area contributed by atoms with Gasteiger partial charge in [-0.05, 0) is 75.2 Å². The summed E-state index contributed by atoms with van der Waals surface area (Å²) in [6.45, 7) is 11.3. The minimum Gasteiger partial charge on any atom is -0.316 e. The van der Waals surface area contributed by atoms with E-state index in [9.17, 15) is 0 Å². The summed E-state index contributed by atoms with van der Waals surface area (Å²) in [6, 6.07) is 4.66. The van der Waals surface area contributed by atoms with Crippen molar-refractivity contribution in [3.63, 3.8) is 0 Å². The molecule has 1 aliphatic carbocycles. The first-order valence-electron chi connectivity index (χ1n) is 6.92. The maximum atomic E-state index is 3.55. The molecule has 1 saturated carbocycles. The topological polar surface area (TPSA) is 12.0 Å². The van der Waals surface area contributed by atoms with Gasteiger partial charge in [0.05, 0.1) is 0 Å². The lowest BCUT2D eigenvalue weighted by atomic mass is 9.95. The Bertz CT molecular complexity index is 372. The molecular weight excluding hydrogens is 206 g/mol. The van der Waals surface area contributed by atoms with Gasteiger partial charge in [-0.15, -0.1) is 0 Å². The van der Waals surface area contributed by atoms with Gasteiger partial charge < -0.3 is 5.32 Å². The van der Waals surface area contributed by atoms with Crippen molar-refractivity contribution in [3.8, 4) is 0 Å². The molecular formula is C16H25N. The molecule has 94 valence electrons. The Labute approximate surface area is 106 Å². The van der Waals surface area contributed by atoms with E-state index < -0.39 is 0 Å². The van der Waals surface area contributed by atoms with E-state index in [0.717, 1.165) is 18.4 Å². The third kappa shape index (κ3) is 2.90. The van der Waals surface area contributed by atoms with Gasteiger partial charge in [-0.1, -0.05) is 24.6 Å². The van der Waals surface area contributed by atoms with Crippen molar-refractivity contribution in [1.82, 2.24) is 5.32 Å². The number of aryl methyl sites for hydroxylation is 3. The summed E-state index contributed by atoms with van der Waals surface area (Å²) in [7, 11) is 0. The lowest BCUT2D eigenvalue weighted by molar-refractivity contribution is 0.619. The fourth-order valence-corrected chi connectivity index (χ4v) is 3.07. The van der Waals surface area contributed by atoms with Crippen molar-refractivity contribution in [2.75, 3.05) is 13.1 Å². The van der Waals surface area contributed by atoms with E-state index in [-0.39, 0.29) is 0 Å². The summed E-state index contributed by atoms with van der Waals surface area (Å²) >= 11 is 0. The van der Waals surface area contributed by atoms with E-state index >= 15 is 0 Å². The van der Waals surface area contributed by atoms with Crippen LogP contribution in [0.25, 0.3) is 0 Å². The van der Waals surface area contributed by atoms with E-state index in [1.165, 1.54) is 36.1 Å². The summed E-state index contributed by atoms with van der Waals surface area (Å²) < 4.78 is 0. The Morgan fingerprint density at radius 1 is 1.18 bits per heavy atom. The molecule has 1 aliphatic rings. The third-order valence-corrected chi connectivity index (χ3v) is 3.86. The molecule has 1 aromatic rings. The zero-order valence-corrected chi connectivity index (χ0v) is 11.6. The molecule has 2 rings (SSSR count). The number of hydrogen-bond donors (Lipinski definition) is 1. The smallest absolute Gasteiger partial charge is 0.00144 e. The fraction of sp³-hybridized carbons (Fsp3) is 0.625. The molecule has 0 amide bonds. The molecule has 1 nitrogen and oxygen atoms in total. The van der Waals surface area contributed by atoms with Gasteiger partial charge in [0.25, 0.3) is 0 Å². The highest BCUT2D eigenvalue weighted by Gasteiger charge is 2.39. The molecule has 0 saturated heterocycles. The molecule has 2 atom stereocenters.